The SMILES string of the molecule is CSc1ccc(Nc2c(C(=O)NO)ccc(F)c2F)c(C)c1. The molecule has 0 fully saturated rings. The van der Waals surface area contributed by atoms with Crippen molar-refractivity contribution in [2.75, 3.05) is 11.6 Å². The average Bonchev–Trinajstić information content (AvgIpc) is 2.52. The van der Waals surface area contributed by atoms with Crippen molar-refractivity contribution in [3.8, 4) is 0 Å². The molecule has 2 aromatic carbocycles. The largest absolute Gasteiger partial charge is 0.352 e. The predicted octanol–water partition coefficient (Wildman–Crippen LogP) is 3.86. The van der Waals surface area contributed by atoms with Gasteiger partial charge in [-0.2, -0.15) is 0 Å². The second-order valence-corrected chi connectivity index (χ2v) is 5.41. The molecule has 0 aliphatic rings. The number of halogens is 2. The van der Waals surface area contributed by atoms with Crippen molar-refractivity contribution in [3.05, 3.63) is 53.1 Å². The number of aryl methyl sites for hydroxylation is 1. The van der Waals surface area contributed by atoms with E-state index >= 15 is 0 Å². The number of carbonyl (C=O) groups excluding carboxylic acids is 1. The maximum atomic E-state index is 14.0. The van der Waals surface area contributed by atoms with Crippen molar-refractivity contribution in [3.63, 3.8) is 0 Å². The van der Waals surface area contributed by atoms with E-state index in [-0.39, 0.29) is 11.3 Å². The molecule has 2 aromatic rings. The second kappa shape index (κ2) is 6.76. The highest BCUT2D eigenvalue weighted by atomic mass is 32.2. The Kier molecular flexibility index (Phi) is 4.99. The van der Waals surface area contributed by atoms with Crippen LogP contribution in [0.1, 0.15) is 15.9 Å². The summed E-state index contributed by atoms with van der Waals surface area (Å²) in [5.41, 5.74) is 2.24. The van der Waals surface area contributed by atoms with E-state index in [1.54, 1.807) is 17.8 Å². The number of hydroxylamine groups is 1. The van der Waals surface area contributed by atoms with E-state index in [0.717, 1.165) is 22.6 Å². The highest BCUT2D eigenvalue weighted by molar-refractivity contribution is 7.98. The van der Waals surface area contributed by atoms with Gasteiger partial charge in [-0.25, -0.2) is 14.3 Å². The number of carbonyl (C=O) groups is 1. The van der Waals surface area contributed by atoms with Crippen LogP contribution in [0.3, 0.4) is 0 Å². The normalized spacial score (nSPS) is 10.4. The van der Waals surface area contributed by atoms with Crippen molar-refractivity contribution in [2.24, 2.45) is 0 Å². The molecule has 0 aliphatic heterocycles. The molecule has 0 aliphatic carbocycles. The minimum Gasteiger partial charge on any atom is -0.352 e. The first-order valence-electron chi connectivity index (χ1n) is 6.32. The third kappa shape index (κ3) is 3.20. The Balaban J connectivity index is 2.48. The number of nitrogens with one attached hydrogen (secondary N) is 2. The predicted molar refractivity (Wildman–Crippen MR) is 81.9 cm³/mol. The van der Waals surface area contributed by atoms with Crippen LogP contribution in [0.25, 0.3) is 0 Å². The van der Waals surface area contributed by atoms with Crippen LogP contribution in [-0.4, -0.2) is 17.4 Å². The molecule has 0 unspecified atom stereocenters. The Labute approximate surface area is 130 Å². The molecular formula is C15H14F2N2O2S. The number of benzene rings is 2. The van der Waals surface area contributed by atoms with Crippen molar-refractivity contribution >= 4 is 29.0 Å². The molecule has 3 N–H and O–H groups in total. The molecule has 22 heavy (non-hydrogen) atoms. The highest BCUT2D eigenvalue weighted by Crippen LogP contribution is 2.29. The lowest BCUT2D eigenvalue weighted by molar-refractivity contribution is 0.0707. The van der Waals surface area contributed by atoms with E-state index in [0.29, 0.717) is 5.69 Å². The molecule has 0 saturated heterocycles. The molecule has 1 amide bonds. The van der Waals surface area contributed by atoms with Crippen LogP contribution in [0.5, 0.6) is 0 Å². The first-order chi connectivity index (χ1) is 10.5. The number of thioether (sulfide) groups is 1. The summed E-state index contributed by atoms with van der Waals surface area (Å²) >= 11 is 1.56. The third-order valence-electron chi connectivity index (χ3n) is 3.13. The molecule has 2 rings (SSSR count). The van der Waals surface area contributed by atoms with Gasteiger partial charge in [0.2, 0.25) is 0 Å². The zero-order chi connectivity index (χ0) is 16.3. The van der Waals surface area contributed by atoms with Crippen LogP contribution < -0.4 is 10.8 Å². The van der Waals surface area contributed by atoms with Crippen molar-refractivity contribution in [2.45, 2.75) is 11.8 Å². The summed E-state index contributed by atoms with van der Waals surface area (Å²) in [5.74, 6) is -3.20. The van der Waals surface area contributed by atoms with E-state index in [1.807, 2.05) is 25.3 Å². The molecule has 7 heteroatoms. The highest BCUT2D eigenvalue weighted by Gasteiger charge is 2.19. The summed E-state index contributed by atoms with van der Waals surface area (Å²) in [7, 11) is 0. The van der Waals surface area contributed by atoms with Crippen LogP contribution in [0.2, 0.25) is 0 Å². The fraction of sp³-hybridized carbons (Fsp3) is 0.133. The zero-order valence-corrected chi connectivity index (χ0v) is 12.7. The number of amides is 1. The molecule has 0 radical (unpaired) electrons. The van der Waals surface area contributed by atoms with E-state index in [4.69, 9.17) is 5.21 Å². The van der Waals surface area contributed by atoms with Gasteiger partial charge in [0.1, 0.15) is 0 Å². The Bertz CT molecular complexity index is 723. The smallest absolute Gasteiger partial charge is 0.276 e. The maximum absolute atomic E-state index is 14.0. The van der Waals surface area contributed by atoms with Crippen molar-refractivity contribution < 1.29 is 18.8 Å². The summed E-state index contributed by atoms with van der Waals surface area (Å²) in [6.45, 7) is 1.81. The molecule has 116 valence electrons. The van der Waals surface area contributed by atoms with Gasteiger partial charge in [-0.1, -0.05) is 0 Å². The maximum Gasteiger partial charge on any atom is 0.276 e. The van der Waals surface area contributed by atoms with Crippen LogP contribution >= 0.6 is 11.8 Å². The molecule has 0 bridgehead atoms. The summed E-state index contributed by atoms with van der Waals surface area (Å²) in [4.78, 5) is 12.6. The monoisotopic (exact) mass is 324 g/mol. The number of hydrogen-bond acceptors (Lipinski definition) is 4. The van der Waals surface area contributed by atoms with Gasteiger partial charge >= 0.3 is 0 Å². The van der Waals surface area contributed by atoms with Gasteiger partial charge in [-0.15, -0.1) is 11.8 Å². The minimum absolute atomic E-state index is 0.199. The Morgan fingerprint density at radius 2 is 1.95 bits per heavy atom. The summed E-state index contributed by atoms with van der Waals surface area (Å²) in [6.07, 6.45) is 1.93. The Morgan fingerprint density at radius 1 is 1.23 bits per heavy atom. The Hall–Kier alpha value is -2.12. The van der Waals surface area contributed by atoms with Gasteiger partial charge in [0.15, 0.2) is 11.6 Å². The summed E-state index contributed by atoms with van der Waals surface area (Å²) < 4.78 is 27.5. The number of rotatable bonds is 4. The minimum atomic E-state index is -1.19. The van der Waals surface area contributed by atoms with Gasteiger partial charge in [-0.3, -0.25) is 10.0 Å². The van der Waals surface area contributed by atoms with Crippen LogP contribution in [0, 0.1) is 18.6 Å². The van der Waals surface area contributed by atoms with Gasteiger partial charge in [0, 0.05) is 10.6 Å². The van der Waals surface area contributed by atoms with Crippen LogP contribution in [0.15, 0.2) is 35.2 Å². The fourth-order valence-electron chi connectivity index (χ4n) is 1.96. The summed E-state index contributed by atoms with van der Waals surface area (Å²) in [6, 6.07) is 7.35. The fourth-order valence-corrected chi connectivity index (χ4v) is 2.46. The first kappa shape index (κ1) is 16.3. The van der Waals surface area contributed by atoms with E-state index in [2.05, 4.69) is 5.32 Å². The third-order valence-corrected chi connectivity index (χ3v) is 3.86. The van der Waals surface area contributed by atoms with Crippen molar-refractivity contribution in [1.29, 1.82) is 0 Å². The van der Waals surface area contributed by atoms with E-state index in [1.165, 1.54) is 5.48 Å². The van der Waals surface area contributed by atoms with Crippen LogP contribution in [0.4, 0.5) is 20.2 Å². The van der Waals surface area contributed by atoms with E-state index < -0.39 is 17.5 Å². The van der Waals surface area contributed by atoms with Gasteiger partial charge in [-0.05, 0) is 49.1 Å². The quantitative estimate of drug-likeness (QED) is 0.454. The van der Waals surface area contributed by atoms with Crippen LogP contribution in [-0.2, 0) is 0 Å². The van der Waals surface area contributed by atoms with Gasteiger partial charge < -0.3 is 5.32 Å². The molecule has 4 nitrogen and oxygen atoms in total. The van der Waals surface area contributed by atoms with Gasteiger partial charge in [0.05, 0.1) is 11.3 Å². The molecule has 0 atom stereocenters. The Morgan fingerprint density at radius 3 is 2.55 bits per heavy atom. The lowest BCUT2D eigenvalue weighted by Gasteiger charge is -2.15. The standard InChI is InChI=1S/C15H14F2N2O2S/c1-8-7-9(22-2)3-6-12(8)18-14-10(15(20)19-21)4-5-11(16)13(14)17/h3-7,18,21H,1-2H3,(H,19,20). The van der Waals surface area contributed by atoms with E-state index in [9.17, 15) is 13.6 Å². The molecule has 0 aromatic heterocycles. The first-order valence-corrected chi connectivity index (χ1v) is 7.54. The van der Waals surface area contributed by atoms with Crippen molar-refractivity contribution in [1.82, 2.24) is 5.48 Å². The number of hydrogen-bond donors (Lipinski definition) is 3. The topological polar surface area (TPSA) is 61.4 Å². The lowest BCUT2D eigenvalue weighted by Crippen LogP contribution is -2.20. The zero-order valence-electron chi connectivity index (χ0n) is 11.9. The molecular weight excluding hydrogens is 310 g/mol. The summed E-state index contributed by atoms with van der Waals surface area (Å²) in [5, 5.41) is 11.4. The number of anilines is 2. The van der Waals surface area contributed by atoms with Gasteiger partial charge in [0.25, 0.3) is 5.91 Å². The molecule has 0 spiro atoms. The lowest BCUT2D eigenvalue weighted by atomic mass is 10.1. The molecule has 0 heterocycles. The molecule has 0 saturated carbocycles. The average molecular weight is 324 g/mol. The second-order valence-electron chi connectivity index (χ2n) is 4.53.